The maximum Gasteiger partial charge on any atom is 0.450 e. The van der Waals surface area contributed by atoms with Gasteiger partial charge in [0.25, 0.3) is 0 Å². The van der Waals surface area contributed by atoms with Crippen molar-refractivity contribution >= 4 is 20.2 Å². The number of hydrogen-bond acceptors (Lipinski definition) is 6. The van der Waals surface area contributed by atoms with Crippen molar-refractivity contribution in [1.82, 2.24) is 0 Å². The van der Waals surface area contributed by atoms with E-state index < -0.39 is 42.4 Å². The van der Waals surface area contributed by atoms with E-state index in [9.17, 15) is 43.2 Å². The molecule has 2 aliphatic carbocycles. The molecule has 2 saturated carbocycles. The quantitative estimate of drug-likeness (QED) is 0.242. The van der Waals surface area contributed by atoms with Gasteiger partial charge in [-0.3, -0.25) is 4.18 Å². The van der Waals surface area contributed by atoms with Crippen LogP contribution < -0.4 is 4.18 Å². The molecule has 0 bridgehead atoms. The molecule has 212 valence electrons. The summed E-state index contributed by atoms with van der Waals surface area (Å²) in [6, 6.07) is 3.18. The fourth-order valence-electron chi connectivity index (χ4n) is 5.08. The number of aryl methyl sites for hydroxylation is 1. The number of alkyl halides is 6. The monoisotopic (exact) mass is 580 g/mol. The van der Waals surface area contributed by atoms with Gasteiger partial charge in [-0.2, -0.15) is 43.2 Å². The zero-order chi connectivity index (χ0) is 27.9. The first-order valence-electron chi connectivity index (χ1n) is 12.0. The van der Waals surface area contributed by atoms with E-state index in [0.717, 1.165) is 56.9 Å². The SMILES string of the molecule is COS(=O)(=O)C(F)(F)C(F)(F)C(F)(F)S(=O)(=O)Oc1c(C)cc(C2CCCCC2)cc1C1CCCCC1. The normalized spacial score (nSPS) is 19.7. The molecule has 0 saturated heterocycles. The van der Waals surface area contributed by atoms with Gasteiger partial charge in [0, 0.05) is 0 Å². The third-order valence-corrected chi connectivity index (χ3v) is 9.81. The van der Waals surface area contributed by atoms with Gasteiger partial charge in [0.2, 0.25) is 0 Å². The summed E-state index contributed by atoms with van der Waals surface area (Å²) >= 11 is 0. The zero-order valence-corrected chi connectivity index (χ0v) is 22.0. The minimum absolute atomic E-state index is 0.0517. The van der Waals surface area contributed by atoms with E-state index in [1.165, 1.54) is 13.0 Å². The van der Waals surface area contributed by atoms with E-state index in [4.69, 9.17) is 0 Å². The summed E-state index contributed by atoms with van der Waals surface area (Å²) < 4.78 is 141. The average molecular weight is 581 g/mol. The average Bonchev–Trinajstić information content (AvgIpc) is 2.85. The molecular formula is C23H30F6O6S2. The Kier molecular flexibility index (Phi) is 8.56. The van der Waals surface area contributed by atoms with Crippen LogP contribution in [0.25, 0.3) is 0 Å². The van der Waals surface area contributed by atoms with Crippen molar-refractivity contribution in [3.8, 4) is 5.75 Å². The summed E-state index contributed by atoms with van der Waals surface area (Å²) in [5, 5.41) is -13.2. The smallest absolute Gasteiger partial charge is 0.377 e. The Balaban J connectivity index is 2.08. The van der Waals surface area contributed by atoms with Crippen molar-refractivity contribution in [1.29, 1.82) is 0 Å². The Labute approximate surface area is 213 Å². The Bertz CT molecular complexity index is 1190. The molecule has 14 heteroatoms. The second-order valence-electron chi connectivity index (χ2n) is 9.69. The summed E-state index contributed by atoms with van der Waals surface area (Å²) in [5.41, 5.74) is 1.15. The van der Waals surface area contributed by atoms with Gasteiger partial charge < -0.3 is 4.18 Å². The summed E-state index contributed by atoms with van der Waals surface area (Å²) in [6.07, 6.45) is 8.34. The van der Waals surface area contributed by atoms with Gasteiger partial charge in [-0.1, -0.05) is 50.7 Å². The molecule has 6 nitrogen and oxygen atoms in total. The Hall–Kier alpha value is -1.54. The molecule has 0 N–H and O–H groups in total. The standard InChI is InChI=1S/C23H30F6O6S2/c1-15-13-18(16-9-5-3-6-10-16)14-19(17-11-7-4-8-12-17)20(15)35-37(32,33)23(28,29)21(24,25)22(26,27)36(30,31)34-2/h13-14,16-17H,3-12H2,1-2H3. The summed E-state index contributed by atoms with van der Waals surface area (Å²) in [7, 11) is -13.4. The minimum Gasteiger partial charge on any atom is -0.377 e. The molecule has 37 heavy (non-hydrogen) atoms. The third-order valence-electron chi connectivity index (χ3n) is 7.22. The van der Waals surface area contributed by atoms with Crippen LogP contribution in [0, 0.1) is 6.92 Å². The maximum absolute atomic E-state index is 14.6. The van der Waals surface area contributed by atoms with Crippen molar-refractivity contribution in [2.45, 2.75) is 99.4 Å². The molecule has 0 atom stereocenters. The van der Waals surface area contributed by atoms with Crippen LogP contribution in [0.3, 0.4) is 0 Å². The minimum atomic E-state index is -6.92. The van der Waals surface area contributed by atoms with E-state index in [1.807, 2.05) is 0 Å². The highest BCUT2D eigenvalue weighted by Gasteiger charge is 2.83. The predicted octanol–water partition coefficient (Wildman–Crippen LogP) is 6.60. The van der Waals surface area contributed by atoms with Crippen LogP contribution in [0.2, 0.25) is 0 Å². The molecule has 2 aliphatic rings. The van der Waals surface area contributed by atoms with E-state index in [1.54, 1.807) is 6.07 Å². The third kappa shape index (κ3) is 5.34. The van der Waals surface area contributed by atoms with Gasteiger partial charge >= 0.3 is 36.7 Å². The fraction of sp³-hybridized carbons (Fsp3) is 0.739. The fourth-order valence-corrected chi connectivity index (χ4v) is 6.79. The molecule has 1 aromatic rings. The highest BCUT2D eigenvalue weighted by molar-refractivity contribution is 7.89. The summed E-state index contributed by atoms with van der Waals surface area (Å²) in [6.45, 7) is 1.36. The van der Waals surface area contributed by atoms with Gasteiger partial charge in [0.15, 0.2) is 0 Å². The van der Waals surface area contributed by atoms with Crippen LogP contribution in [0.1, 0.15) is 92.7 Å². The first kappa shape index (κ1) is 30.0. The number of hydrogen-bond donors (Lipinski definition) is 0. The van der Waals surface area contributed by atoms with Gasteiger partial charge in [0.1, 0.15) is 5.75 Å². The Morgan fingerprint density at radius 3 is 1.68 bits per heavy atom. The van der Waals surface area contributed by atoms with E-state index in [0.29, 0.717) is 12.8 Å². The molecule has 0 aromatic heterocycles. The van der Waals surface area contributed by atoms with Crippen molar-refractivity contribution in [3.63, 3.8) is 0 Å². The Morgan fingerprint density at radius 2 is 1.19 bits per heavy atom. The topological polar surface area (TPSA) is 86.7 Å². The highest BCUT2D eigenvalue weighted by Crippen LogP contribution is 2.52. The summed E-state index contributed by atoms with van der Waals surface area (Å²) in [5.74, 6) is -7.72. The first-order valence-corrected chi connectivity index (χ1v) is 14.8. The van der Waals surface area contributed by atoms with Crippen molar-refractivity contribution in [2.75, 3.05) is 7.11 Å². The van der Waals surface area contributed by atoms with Crippen LogP contribution in [0.4, 0.5) is 26.3 Å². The van der Waals surface area contributed by atoms with Gasteiger partial charge in [-0.25, -0.2) is 0 Å². The molecular weight excluding hydrogens is 550 g/mol. The van der Waals surface area contributed by atoms with Crippen LogP contribution >= 0.6 is 0 Å². The maximum atomic E-state index is 14.6. The van der Waals surface area contributed by atoms with Gasteiger partial charge in [-0.05, 0) is 61.1 Å². The number of halogens is 6. The van der Waals surface area contributed by atoms with Gasteiger partial charge in [0.05, 0.1) is 7.11 Å². The molecule has 1 aromatic carbocycles. The lowest BCUT2D eigenvalue weighted by molar-refractivity contribution is -0.247. The zero-order valence-electron chi connectivity index (χ0n) is 20.4. The van der Waals surface area contributed by atoms with Crippen LogP contribution in [-0.2, 0) is 24.4 Å². The molecule has 0 radical (unpaired) electrons. The lowest BCUT2D eigenvalue weighted by Gasteiger charge is -2.32. The van der Waals surface area contributed by atoms with E-state index >= 15 is 0 Å². The lowest BCUT2D eigenvalue weighted by atomic mass is 9.79. The Morgan fingerprint density at radius 1 is 0.730 bits per heavy atom. The van der Waals surface area contributed by atoms with E-state index in [-0.39, 0.29) is 30.1 Å². The summed E-state index contributed by atoms with van der Waals surface area (Å²) in [4.78, 5) is 0. The lowest BCUT2D eigenvalue weighted by Crippen LogP contribution is -2.61. The molecule has 0 aliphatic heterocycles. The molecule has 0 spiro atoms. The highest BCUT2D eigenvalue weighted by atomic mass is 32.2. The van der Waals surface area contributed by atoms with Crippen LogP contribution in [0.5, 0.6) is 5.75 Å². The van der Waals surface area contributed by atoms with E-state index in [2.05, 4.69) is 8.37 Å². The molecule has 3 rings (SSSR count). The predicted molar refractivity (Wildman–Crippen MR) is 123 cm³/mol. The van der Waals surface area contributed by atoms with Crippen molar-refractivity contribution in [3.05, 3.63) is 28.8 Å². The van der Waals surface area contributed by atoms with Crippen molar-refractivity contribution < 1.29 is 51.5 Å². The molecule has 2 fully saturated rings. The number of rotatable bonds is 9. The van der Waals surface area contributed by atoms with Crippen molar-refractivity contribution in [2.24, 2.45) is 0 Å². The number of benzene rings is 1. The van der Waals surface area contributed by atoms with Crippen LogP contribution in [0.15, 0.2) is 12.1 Å². The van der Waals surface area contributed by atoms with Gasteiger partial charge in [-0.15, -0.1) is 0 Å². The first-order chi connectivity index (χ1) is 17.0. The van der Waals surface area contributed by atoms with Crippen LogP contribution in [-0.4, -0.2) is 40.4 Å². The largest absolute Gasteiger partial charge is 0.450 e. The molecule has 0 unspecified atom stereocenters. The second-order valence-corrected chi connectivity index (χ2v) is 13.0. The second kappa shape index (κ2) is 10.6. The molecule has 0 heterocycles. The molecule has 0 amide bonds.